The minimum atomic E-state index is -4.28. The second-order valence-corrected chi connectivity index (χ2v) is 10.4. The Hall–Kier alpha value is -2.46. The van der Waals surface area contributed by atoms with Crippen LogP contribution in [0, 0.1) is 0 Å². The summed E-state index contributed by atoms with van der Waals surface area (Å²) in [6, 6.07) is 14.6. The van der Waals surface area contributed by atoms with Crippen LogP contribution in [0.2, 0.25) is 0 Å². The highest BCUT2D eigenvalue weighted by Gasteiger charge is 2.22. The van der Waals surface area contributed by atoms with Gasteiger partial charge in [-0.25, -0.2) is 0 Å². The number of fused-ring (bicyclic) bond motifs is 1. The third kappa shape index (κ3) is 7.26. The Bertz CT molecular complexity index is 1300. The van der Waals surface area contributed by atoms with Crippen LogP contribution in [0.4, 0.5) is 0 Å². The van der Waals surface area contributed by atoms with Crippen molar-refractivity contribution in [3.63, 3.8) is 0 Å². The van der Waals surface area contributed by atoms with E-state index in [-0.39, 0.29) is 4.90 Å². The van der Waals surface area contributed by atoms with Crippen molar-refractivity contribution in [2.45, 2.75) is 62.2 Å². The standard InChI is InChI=1S/C18H24O3S.C6H6O4S/c1-3-5-9-14-13-15-10-7-8-12-17(15)18(22(19,20)21)16(14)11-6-4-2;7-5-3-1-2-4-6(5)11(8,9)10/h7-8,10,12-13H,3-6,9,11H2,1-2H3,(H,19,20,21);1-4,7H,(H,8,9,10). The first kappa shape index (κ1) is 26.8. The number of para-hydroxylation sites is 1. The maximum atomic E-state index is 12.0. The highest BCUT2D eigenvalue weighted by Crippen LogP contribution is 2.32. The normalized spacial score (nSPS) is 11.8. The summed E-state index contributed by atoms with van der Waals surface area (Å²) in [5.74, 6) is -0.449. The van der Waals surface area contributed by atoms with Crippen LogP contribution in [0.15, 0.2) is 64.4 Å². The summed E-state index contributed by atoms with van der Waals surface area (Å²) < 4.78 is 63.2. The van der Waals surface area contributed by atoms with Gasteiger partial charge in [0.25, 0.3) is 20.2 Å². The molecular formula is C24H30O7S2. The van der Waals surface area contributed by atoms with E-state index in [1.165, 1.54) is 18.2 Å². The van der Waals surface area contributed by atoms with E-state index < -0.39 is 30.9 Å². The van der Waals surface area contributed by atoms with Crippen LogP contribution in [0.5, 0.6) is 5.75 Å². The minimum absolute atomic E-state index is 0.116. The molecule has 0 aliphatic rings. The smallest absolute Gasteiger partial charge is 0.298 e. The van der Waals surface area contributed by atoms with E-state index in [0.29, 0.717) is 11.8 Å². The number of phenolic OH excluding ortho intramolecular Hbond substituents is 1. The molecule has 0 aliphatic carbocycles. The lowest BCUT2D eigenvalue weighted by Crippen LogP contribution is -2.08. The van der Waals surface area contributed by atoms with E-state index in [4.69, 9.17) is 9.66 Å². The Morgan fingerprint density at radius 3 is 1.88 bits per heavy atom. The number of hydrogen-bond acceptors (Lipinski definition) is 5. The van der Waals surface area contributed by atoms with Gasteiger partial charge in [-0.15, -0.1) is 0 Å². The largest absolute Gasteiger partial charge is 0.506 e. The molecule has 0 aliphatic heterocycles. The average molecular weight is 495 g/mol. The molecule has 3 aromatic rings. The van der Waals surface area contributed by atoms with E-state index in [2.05, 4.69) is 19.9 Å². The summed E-state index contributed by atoms with van der Waals surface area (Å²) in [6.07, 6.45) is 5.52. The molecule has 0 radical (unpaired) electrons. The maximum absolute atomic E-state index is 12.0. The molecule has 0 unspecified atom stereocenters. The summed E-state index contributed by atoms with van der Waals surface area (Å²) in [5, 5.41) is 10.4. The third-order valence-corrected chi connectivity index (χ3v) is 7.06. The summed E-state index contributed by atoms with van der Waals surface area (Å²) in [4.78, 5) is -0.356. The molecule has 3 N–H and O–H groups in total. The van der Waals surface area contributed by atoms with Crippen LogP contribution in [0.3, 0.4) is 0 Å². The first-order valence-electron chi connectivity index (χ1n) is 10.8. The van der Waals surface area contributed by atoms with Gasteiger partial charge in [0.2, 0.25) is 0 Å². The average Bonchev–Trinajstić information content (AvgIpc) is 2.74. The topological polar surface area (TPSA) is 129 Å². The second-order valence-electron chi connectivity index (χ2n) is 7.69. The molecule has 0 spiro atoms. The number of unbranched alkanes of at least 4 members (excludes halogenated alkanes) is 2. The summed E-state index contributed by atoms with van der Waals surface area (Å²) in [7, 11) is -8.52. The Balaban J connectivity index is 0.000000294. The van der Waals surface area contributed by atoms with Crippen LogP contribution in [-0.2, 0) is 33.1 Å². The van der Waals surface area contributed by atoms with Gasteiger partial charge in [0, 0.05) is 5.39 Å². The Labute approximate surface area is 195 Å². The van der Waals surface area contributed by atoms with Gasteiger partial charge in [-0.05, 0) is 54.3 Å². The third-order valence-electron chi connectivity index (χ3n) is 5.18. The molecule has 0 amide bonds. The zero-order chi connectivity index (χ0) is 24.6. The van der Waals surface area contributed by atoms with E-state index in [9.17, 15) is 21.4 Å². The number of aryl methyl sites for hydroxylation is 1. The lowest BCUT2D eigenvalue weighted by atomic mass is 9.94. The molecule has 9 heteroatoms. The van der Waals surface area contributed by atoms with Crippen molar-refractivity contribution in [2.24, 2.45) is 0 Å². The van der Waals surface area contributed by atoms with Crippen molar-refractivity contribution in [3.8, 4) is 5.75 Å². The molecule has 0 fully saturated rings. The van der Waals surface area contributed by atoms with Gasteiger partial charge in [0.1, 0.15) is 15.5 Å². The summed E-state index contributed by atoms with van der Waals surface area (Å²) in [5.41, 5.74) is 1.86. The zero-order valence-corrected chi connectivity index (χ0v) is 20.4. The lowest BCUT2D eigenvalue weighted by molar-refractivity contribution is 0.443. The first-order chi connectivity index (χ1) is 15.5. The summed E-state index contributed by atoms with van der Waals surface area (Å²) >= 11 is 0. The van der Waals surface area contributed by atoms with Gasteiger partial charge in [0.05, 0.1) is 0 Å². The number of aromatic hydroxyl groups is 1. The van der Waals surface area contributed by atoms with Gasteiger partial charge in [-0.2, -0.15) is 16.8 Å². The van der Waals surface area contributed by atoms with E-state index in [1.54, 1.807) is 6.07 Å². The van der Waals surface area contributed by atoms with E-state index in [0.717, 1.165) is 54.7 Å². The van der Waals surface area contributed by atoms with Crippen molar-refractivity contribution in [2.75, 3.05) is 0 Å². The minimum Gasteiger partial charge on any atom is -0.506 e. The van der Waals surface area contributed by atoms with E-state index >= 15 is 0 Å². The number of benzene rings is 3. The van der Waals surface area contributed by atoms with E-state index in [1.807, 2.05) is 18.2 Å². The second kappa shape index (κ2) is 11.6. The van der Waals surface area contributed by atoms with Gasteiger partial charge in [-0.1, -0.05) is 69.2 Å². The molecule has 0 aromatic heterocycles. The molecule has 3 aromatic carbocycles. The van der Waals surface area contributed by atoms with Crippen LogP contribution < -0.4 is 0 Å². The number of hydrogen-bond donors (Lipinski definition) is 3. The van der Waals surface area contributed by atoms with Crippen molar-refractivity contribution in [3.05, 3.63) is 65.7 Å². The maximum Gasteiger partial charge on any atom is 0.298 e. The Kier molecular flexibility index (Phi) is 9.42. The Morgan fingerprint density at radius 2 is 1.33 bits per heavy atom. The van der Waals surface area contributed by atoms with Crippen molar-refractivity contribution < 1.29 is 31.0 Å². The SMILES string of the molecule is CCCCc1cc2ccccc2c(S(=O)(=O)O)c1CCCC.O=S(=O)(O)c1ccccc1O. The van der Waals surface area contributed by atoms with Gasteiger partial charge < -0.3 is 5.11 Å². The van der Waals surface area contributed by atoms with Crippen LogP contribution >= 0.6 is 0 Å². The molecule has 33 heavy (non-hydrogen) atoms. The van der Waals surface area contributed by atoms with Crippen molar-refractivity contribution in [1.82, 2.24) is 0 Å². The molecule has 3 rings (SSSR count). The Morgan fingerprint density at radius 1 is 0.758 bits per heavy atom. The molecule has 7 nitrogen and oxygen atoms in total. The molecule has 0 saturated heterocycles. The molecule has 0 atom stereocenters. The number of rotatable bonds is 8. The monoisotopic (exact) mass is 494 g/mol. The van der Waals surface area contributed by atoms with Gasteiger partial charge >= 0.3 is 0 Å². The van der Waals surface area contributed by atoms with Gasteiger partial charge in [0.15, 0.2) is 0 Å². The molecule has 0 saturated carbocycles. The summed E-state index contributed by atoms with van der Waals surface area (Å²) in [6.45, 7) is 4.20. The molecular weight excluding hydrogens is 464 g/mol. The molecule has 0 bridgehead atoms. The first-order valence-corrected chi connectivity index (χ1v) is 13.6. The quantitative estimate of drug-likeness (QED) is 0.357. The zero-order valence-electron chi connectivity index (χ0n) is 18.7. The van der Waals surface area contributed by atoms with Crippen molar-refractivity contribution >= 4 is 31.0 Å². The van der Waals surface area contributed by atoms with Crippen LogP contribution in [0.1, 0.15) is 50.7 Å². The molecule has 180 valence electrons. The number of phenols is 1. The van der Waals surface area contributed by atoms with Gasteiger partial charge in [-0.3, -0.25) is 9.11 Å². The highest BCUT2D eigenvalue weighted by molar-refractivity contribution is 7.86. The fourth-order valence-electron chi connectivity index (χ4n) is 3.60. The molecule has 0 heterocycles. The van der Waals surface area contributed by atoms with Crippen LogP contribution in [-0.4, -0.2) is 31.0 Å². The predicted molar refractivity (Wildman–Crippen MR) is 129 cm³/mol. The highest BCUT2D eigenvalue weighted by atomic mass is 32.2. The lowest BCUT2D eigenvalue weighted by Gasteiger charge is -2.16. The van der Waals surface area contributed by atoms with Crippen molar-refractivity contribution in [1.29, 1.82) is 0 Å². The fourth-order valence-corrected chi connectivity index (χ4v) is 5.19. The fraction of sp³-hybridized carbons (Fsp3) is 0.333. The predicted octanol–water partition coefficient (Wildman–Crippen LogP) is 5.41. The van der Waals surface area contributed by atoms with Crippen LogP contribution in [0.25, 0.3) is 10.8 Å².